The fourth-order valence-electron chi connectivity index (χ4n) is 4.46. The third-order valence-corrected chi connectivity index (χ3v) is 6.12. The van der Waals surface area contributed by atoms with Crippen molar-refractivity contribution in [2.75, 3.05) is 0 Å². The SMILES string of the molecule is O=C(N[C@@H](Cc1ccccn1)C1CC(O)C1)c1cn[nH]c1C1CCCCC1. The Morgan fingerprint density at radius 1 is 1.26 bits per heavy atom. The molecule has 2 aliphatic rings. The standard InChI is InChI=1S/C21H28N4O2/c26-17-10-15(11-17)19(12-16-8-4-5-9-22-16)24-21(27)18-13-23-25-20(18)14-6-2-1-3-7-14/h4-5,8-9,13-15,17,19,26H,1-3,6-7,10-12H2,(H,23,25)(H,24,27)/t15?,17?,19-/m0/s1. The first-order valence-corrected chi connectivity index (χ1v) is 10.1. The molecule has 2 saturated carbocycles. The number of nitrogens with one attached hydrogen (secondary N) is 2. The van der Waals surface area contributed by atoms with Crippen LogP contribution in [0.1, 0.15) is 72.6 Å². The molecule has 2 aliphatic carbocycles. The molecule has 0 aromatic carbocycles. The molecule has 27 heavy (non-hydrogen) atoms. The van der Waals surface area contributed by atoms with Crippen LogP contribution in [0.3, 0.4) is 0 Å². The van der Waals surface area contributed by atoms with Crippen molar-refractivity contribution in [3.8, 4) is 0 Å². The first kappa shape index (κ1) is 18.2. The fraction of sp³-hybridized carbons (Fsp3) is 0.571. The maximum Gasteiger partial charge on any atom is 0.254 e. The summed E-state index contributed by atoms with van der Waals surface area (Å²) in [5.74, 6) is 0.629. The average Bonchev–Trinajstić information content (AvgIpc) is 3.16. The number of rotatable bonds is 6. The van der Waals surface area contributed by atoms with E-state index in [0.717, 1.165) is 37.1 Å². The van der Waals surface area contributed by atoms with Crippen LogP contribution in [0.15, 0.2) is 30.6 Å². The Kier molecular flexibility index (Phi) is 5.53. The lowest BCUT2D eigenvalue weighted by molar-refractivity contribution is 0.0237. The number of aromatic amines is 1. The van der Waals surface area contributed by atoms with Crippen LogP contribution >= 0.6 is 0 Å². The summed E-state index contributed by atoms with van der Waals surface area (Å²) < 4.78 is 0. The van der Waals surface area contributed by atoms with Crippen molar-refractivity contribution in [1.82, 2.24) is 20.5 Å². The normalized spacial score (nSPS) is 24.2. The van der Waals surface area contributed by atoms with Crippen LogP contribution in [-0.4, -0.2) is 38.3 Å². The molecule has 2 heterocycles. The molecule has 2 fully saturated rings. The molecule has 6 heteroatoms. The van der Waals surface area contributed by atoms with Crippen LogP contribution in [0.2, 0.25) is 0 Å². The van der Waals surface area contributed by atoms with Crippen molar-refractivity contribution in [3.05, 3.63) is 47.5 Å². The average molecular weight is 368 g/mol. The Hall–Kier alpha value is -2.21. The number of nitrogens with zero attached hydrogens (tertiary/aromatic N) is 2. The first-order chi connectivity index (χ1) is 13.2. The van der Waals surface area contributed by atoms with E-state index in [9.17, 15) is 9.90 Å². The van der Waals surface area contributed by atoms with Gasteiger partial charge in [-0.25, -0.2) is 0 Å². The van der Waals surface area contributed by atoms with E-state index in [1.807, 2.05) is 18.2 Å². The molecule has 0 radical (unpaired) electrons. The zero-order valence-corrected chi connectivity index (χ0v) is 15.6. The molecule has 0 bridgehead atoms. The lowest BCUT2D eigenvalue weighted by Gasteiger charge is -2.38. The minimum atomic E-state index is -0.246. The maximum atomic E-state index is 13.0. The van der Waals surface area contributed by atoms with Crippen LogP contribution in [0.25, 0.3) is 0 Å². The van der Waals surface area contributed by atoms with E-state index in [-0.39, 0.29) is 24.0 Å². The molecule has 1 atom stereocenters. The molecule has 2 aromatic rings. The van der Waals surface area contributed by atoms with Gasteiger partial charge in [-0.2, -0.15) is 5.10 Å². The lowest BCUT2D eigenvalue weighted by atomic mass is 9.75. The third-order valence-electron chi connectivity index (χ3n) is 6.12. The van der Waals surface area contributed by atoms with Gasteiger partial charge < -0.3 is 10.4 Å². The summed E-state index contributed by atoms with van der Waals surface area (Å²) in [5, 5.41) is 20.2. The van der Waals surface area contributed by atoms with Gasteiger partial charge in [0.15, 0.2) is 0 Å². The largest absolute Gasteiger partial charge is 0.393 e. The molecular weight excluding hydrogens is 340 g/mol. The number of aliphatic hydroxyl groups is 1. The number of amides is 1. The van der Waals surface area contributed by atoms with Crippen molar-refractivity contribution in [2.24, 2.45) is 5.92 Å². The Morgan fingerprint density at radius 2 is 2.07 bits per heavy atom. The molecule has 4 rings (SSSR count). The number of carbonyl (C=O) groups excluding carboxylic acids is 1. The second-order valence-electron chi connectivity index (χ2n) is 8.02. The van der Waals surface area contributed by atoms with Gasteiger partial charge in [0.2, 0.25) is 0 Å². The molecule has 0 saturated heterocycles. The molecule has 6 nitrogen and oxygen atoms in total. The molecule has 0 spiro atoms. The van der Waals surface area contributed by atoms with Crippen LogP contribution in [0, 0.1) is 5.92 Å². The smallest absolute Gasteiger partial charge is 0.254 e. The molecule has 1 amide bonds. The van der Waals surface area contributed by atoms with Gasteiger partial charge in [0.05, 0.1) is 23.6 Å². The zero-order chi connectivity index (χ0) is 18.6. The highest BCUT2D eigenvalue weighted by molar-refractivity contribution is 5.95. The number of hydrogen-bond acceptors (Lipinski definition) is 4. The Morgan fingerprint density at radius 3 is 2.78 bits per heavy atom. The lowest BCUT2D eigenvalue weighted by Crippen LogP contribution is -2.48. The Bertz CT molecular complexity index is 749. The Labute approximate surface area is 159 Å². The topological polar surface area (TPSA) is 90.9 Å². The number of H-pyrrole nitrogens is 1. The minimum absolute atomic E-state index is 0.0232. The summed E-state index contributed by atoms with van der Waals surface area (Å²) in [6.07, 6.45) is 11.3. The van der Waals surface area contributed by atoms with E-state index in [2.05, 4.69) is 20.5 Å². The van der Waals surface area contributed by atoms with Crippen molar-refractivity contribution in [3.63, 3.8) is 0 Å². The van der Waals surface area contributed by atoms with Crippen molar-refractivity contribution in [2.45, 2.75) is 69.4 Å². The van der Waals surface area contributed by atoms with Gasteiger partial charge in [-0.05, 0) is 43.7 Å². The fourth-order valence-corrected chi connectivity index (χ4v) is 4.46. The summed E-state index contributed by atoms with van der Waals surface area (Å²) in [6.45, 7) is 0. The first-order valence-electron chi connectivity index (χ1n) is 10.1. The monoisotopic (exact) mass is 368 g/mol. The van der Waals surface area contributed by atoms with E-state index in [1.165, 1.54) is 19.3 Å². The van der Waals surface area contributed by atoms with E-state index in [4.69, 9.17) is 0 Å². The number of hydrogen-bond donors (Lipinski definition) is 3. The Balaban J connectivity index is 1.48. The van der Waals surface area contributed by atoms with Gasteiger partial charge in [0.25, 0.3) is 5.91 Å². The van der Waals surface area contributed by atoms with Crippen molar-refractivity contribution >= 4 is 5.91 Å². The summed E-state index contributed by atoms with van der Waals surface area (Å²) in [4.78, 5) is 17.4. The molecule has 144 valence electrons. The van der Waals surface area contributed by atoms with Crippen molar-refractivity contribution < 1.29 is 9.90 Å². The third kappa shape index (κ3) is 4.21. The minimum Gasteiger partial charge on any atom is -0.393 e. The molecule has 0 unspecified atom stereocenters. The summed E-state index contributed by atoms with van der Waals surface area (Å²) in [6, 6.07) is 5.82. The maximum absolute atomic E-state index is 13.0. The number of pyridine rings is 1. The molecular formula is C21H28N4O2. The van der Waals surface area contributed by atoms with Crippen LogP contribution < -0.4 is 5.32 Å². The van der Waals surface area contributed by atoms with Gasteiger partial charge in [0.1, 0.15) is 0 Å². The van der Waals surface area contributed by atoms with Crippen LogP contribution in [-0.2, 0) is 6.42 Å². The van der Waals surface area contributed by atoms with Crippen molar-refractivity contribution in [1.29, 1.82) is 0 Å². The number of aromatic nitrogens is 3. The van der Waals surface area contributed by atoms with E-state index in [1.54, 1.807) is 12.4 Å². The quantitative estimate of drug-likeness (QED) is 0.731. The van der Waals surface area contributed by atoms with Gasteiger partial charge in [-0.3, -0.25) is 14.9 Å². The van der Waals surface area contributed by atoms with Gasteiger partial charge in [0, 0.05) is 30.3 Å². The summed E-state index contributed by atoms with van der Waals surface area (Å²) in [5.41, 5.74) is 2.62. The van der Waals surface area contributed by atoms with Gasteiger partial charge in [-0.1, -0.05) is 25.3 Å². The van der Waals surface area contributed by atoms with E-state index in [0.29, 0.717) is 17.9 Å². The number of carbonyl (C=O) groups is 1. The summed E-state index contributed by atoms with van der Waals surface area (Å²) in [7, 11) is 0. The summed E-state index contributed by atoms with van der Waals surface area (Å²) >= 11 is 0. The zero-order valence-electron chi connectivity index (χ0n) is 15.6. The second-order valence-corrected chi connectivity index (χ2v) is 8.02. The predicted molar refractivity (Wildman–Crippen MR) is 102 cm³/mol. The molecule has 3 N–H and O–H groups in total. The molecule has 2 aromatic heterocycles. The van der Waals surface area contributed by atoms with Gasteiger partial charge >= 0.3 is 0 Å². The predicted octanol–water partition coefficient (Wildman–Crippen LogP) is 2.96. The van der Waals surface area contributed by atoms with Crippen LogP contribution in [0.5, 0.6) is 0 Å². The van der Waals surface area contributed by atoms with E-state index >= 15 is 0 Å². The molecule has 0 aliphatic heterocycles. The highest BCUT2D eigenvalue weighted by atomic mass is 16.3. The van der Waals surface area contributed by atoms with Crippen LogP contribution in [0.4, 0.5) is 0 Å². The highest BCUT2D eigenvalue weighted by Gasteiger charge is 2.35. The van der Waals surface area contributed by atoms with E-state index < -0.39 is 0 Å². The second kappa shape index (κ2) is 8.21. The highest BCUT2D eigenvalue weighted by Crippen LogP contribution is 2.34. The number of aliphatic hydroxyl groups excluding tert-OH is 1. The van der Waals surface area contributed by atoms with Gasteiger partial charge in [-0.15, -0.1) is 0 Å².